The Morgan fingerprint density at radius 3 is 1.80 bits per heavy atom. The highest BCUT2D eigenvalue weighted by atomic mass is 16.4. The highest BCUT2D eigenvalue weighted by Gasteiger charge is 2.14. The van der Waals surface area contributed by atoms with Crippen molar-refractivity contribution in [3.05, 3.63) is 138 Å². The third-order valence-corrected chi connectivity index (χ3v) is 5.95. The first-order valence-electron chi connectivity index (χ1n) is 12.3. The maximum atomic E-state index is 12.3. The molecular formula is C32H24N2O7. The molecule has 9 heteroatoms. The zero-order chi connectivity index (χ0) is 29.4. The largest absolute Gasteiger partial charge is 0.507 e. The lowest BCUT2D eigenvalue weighted by molar-refractivity contribution is 0.0684. The van der Waals surface area contributed by atoms with E-state index in [1.807, 2.05) is 48.5 Å². The predicted octanol–water partition coefficient (Wildman–Crippen LogP) is 6.13. The fourth-order valence-electron chi connectivity index (χ4n) is 3.87. The summed E-state index contributed by atoms with van der Waals surface area (Å²) in [5.74, 6) is -3.38. The molecule has 2 amide bonds. The molecule has 0 aliphatic rings. The molecule has 0 saturated carbocycles. The lowest BCUT2D eigenvalue weighted by Gasteiger charge is -2.09. The van der Waals surface area contributed by atoms with Crippen LogP contribution in [0.3, 0.4) is 0 Å². The van der Waals surface area contributed by atoms with Gasteiger partial charge in [-0.3, -0.25) is 9.59 Å². The summed E-state index contributed by atoms with van der Waals surface area (Å²) in [5.41, 5.74) is 1.77. The van der Waals surface area contributed by atoms with Crippen molar-refractivity contribution >= 4 is 45.9 Å². The first-order chi connectivity index (χ1) is 19.7. The Kier molecular flexibility index (Phi) is 8.71. The number of carboxylic acids is 2. The van der Waals surface area contributed by atoms with Crippen LogP contribution in [0.15, 0.2) is 115 Å². The molecule has 0 heterocycles. The second-order valence-corrected chi connectivity index (χ2v) is 8.72. The van der Waals surface area contributed by atoms with Gasteiger partial charge in [0.2, 0.25) is 0 Å². The van der Waals surface area contributed by atoms with Gasteiger partial charge in [0.05, 0.1) is 5.56 Å². The van der Waals surface area contributed by atoms with E-state index in [4.69, 9.17) is 10.2 Å². The minimum absolute atomic E-state index is 0.154. The molecule has 41 heavy (non-hydrogen) atoms. The quantitative estimate of drug-likeness (QED) is 0.171. The number of benzene rings is 5. The van der Waals surface area contributed by atoms with Crippen molar-refractivity contribution in [3.63, 3.8) is 0 Å². The molecule has 0 unspecified atom stereocenters. The van der Waals surface area contributed by atoms with Gasteiger partial charge in [-0.25, -0.2) is 9.59 Å². The number of hydrogen-bond acceptors (Lipinski definition) is 5. The van der Waals surface area contributed by atoms with Crippen LogP contribution in [0.1, 0.15) is 41.4 Å². The number of aromatic carboxylic acids is 2. The van der Waals surface area contributed by atoms with E-state index in [0.29, 0.717) is 11.3 Å². The molecule has 0 aliphatic carbocycles. The van der Waals surface area contributed by atoms with Crippen molar-refractivity contribution in [1.29, 1.82) is 0 Å². The zero-order valence-electron chi connectivity index (χ0n) is 21.4. The van der Waals surface area contributed by atoms with Crippen molar-refractivity contribution in [2.75, 3.05) is 10.6 Å². The summed E-state index contributed by atoms with van der Waals surface area (Å²) in [4.78, 5) is 45.9. The summed E-state index contributed by atoms with van der Waals surface area (Å²) in [6, 6.07) is 31.8. The summed E-state index contributed by atoms with van der Waals surface area (Å²) >= 11 is 0. The summed E-state index contributed by atoms with van der Waals surface area (Å²) in [6.45, 7) is 0. The van der Waals surface area contributed by atoms with E-state index in [1.54, 1.807) is 24.3 Å². The summed E-state index contributed by atoms with van der Waals surface area (Å²) in [5, 5.41) is 34.6. The van der Waals surface area contributed by atoms with E-state index in [1.165, 1.54) is 36.4 Å². The smallest absolute Gasteiger partial charge is 0.339 e. The Labute approximate surface area is 234 Å². The summed E-state index contributed by atoms with van der Waals surface area (Å²) in [6.07, 6.45) is 0. The summed E-state index contributed by atoms with van der Waals surface area (Å²) in [7, 11) is 0. The molecule has 9 nitrogen and oxygen atoms in total. The topological polar surface area (TPSA) is 153 Å². The van der Waals surface area contributed by atoms with Gasteiger partial charge in [0.15, 0.2) is 0 Å². The normalized spacial score (nSPS) is 10.1. The second-order valence-electron chi connectivity index (χ2n) is 8.72. The fourth-order valence-corrected chi connectivity index (χ4v) is 3.87. The number of rotatable bonds is 6. The van der Waals surface area contributed by atoms with Crippen molar-refractivity contribution in [2.24, 2.45) is 0 Å². The van der Waals surface area contributed by atoms with Crippen LogP contribution in [0.25, 0.3) is 10.8 Å². The number of para-hydroxylation sites is 1. The third kappa shape index (κ3) is 7.12. The van der Waals surface area contributed by atoms with Crippen LogP contribution in [0.2, 0.25) is 0 Å². The van der Waals surface area contributed by atoms with Crippen molar-refractivity contribution in [1.82, 2.24) is 0 Å². The lowest BCUT2D eigenvalue weighted by atomic mass is 10.1. The number of carbonyl (C=O) groups is 4. The minimum atomic E-state index is -1.29. The average molecular weight is 549 g/mol. The molecule has 0 bridgehead atoms. The Bertz CT molecular complexity index is 1730. The van der Waals surface area contributed by atoms with E-state index in [2.05, 4.69) is 10.6 Å². The van der Waals surface area contributed by atoms with Crippen LogP contribution in [0.5, 0.6) is 5.75 Å². The van der Waals surface area contributed by atoms with Crippen LogP contribution in [-0.4, -0.2) is 39.1 Å². The first kappa shape index (κ1) is 28.1. The maximum absolute atomic E-state index is 12.3. The molecule has 0 fully saturated rings. The lowest BCUT2D eigenvalue weighted by Crippen LogP contribution is -2.12. The van der Waals surface area contributed by atoms with Gasteiger partial charge in [-0.2, -0.15) is 0 Å². The highest BCUT2D eigenvalue weighted by Crippen LogP contribution is 2.23. The number of carboxylic acid groups (broad SMARTS) is 2. The molecule has 0 aromatic heterocycles. The molecule has 5 aromatic carbocycles. The highest BCUT2D eigenvalue weighted by molar-refractivity contribution is 6.09. The number of nitrogens with one attached hydrogen (secondary N) is 2. The number of amides is 2. The SMILES string of the molecule is O=C(Nc1ccccc1)c1ccc(O)c(C(=O)O)c1.O=C(O)c1ccc(C(=O)Nc2cccc3ccccc23)cc1. The molecule has 5 rings (SSSR count). The van der Waals surface area contributed by atoms with Gasteiger partial charge < -0.3 is 26.0 Å². The van der Waals surface area contributed by atoms with E-state index in [0.717, 1.165) is 22.5 Å². The molecule has 0 atom stereocenters. The second kappa shape index (κ2) is 12.7. The predicted molar refractivity (Wildman–Crippen MR) is 155 cm³/mol. The van der Waals surface area contributed by atoms with Crippen molar-refractivity contribution in [2.45, 2.75) is 0 Å². The Morgan fingerprint density at radius 1 is 0.537 bits per heavy atom. The first-order valence-corrected chi connectivity index (χ1v) is 12.3. The van der Waals surface area contributed by atoms with Gasteiger partial charge in [-0.15, -0.1) is 0 Å². The van der Waals surface area contributed by atoms with Crippen LogP contribution in [-0.2, 0) is 0 Å². The van der Waals surface area contributed by atoms with Crippen molar-refractivity contribution in [3.8, 4) is 5.75 Å². The number of fused-ring (bicyclic) bond motifs is 1. The van der Waals surface area contributed by atoms with Gasteiger partial charge in [-0.1, -0.05) is 54.6 Å². The molecular weight excluding hydrogens is 524 g/mol. The van der Waals surface area contributed by atoms with Gasteiger partial charge in [0.1, 0.15) is 11.3 Å². The molecule has 5 N–H and O–H groups in total. The number of phenols is 1. The maximum Gasteiger partial charge on any atom is 0.339 e. The van der Waals surface area contributed by atoms with Gasteiger partial charge in [0.25, 0.3) is 11.8 Å². The number of anilines is 2. The van der Waals surface area contributed by atoms with E-state index < -0.39 is 17.8 Å². The van der Waals surface area contributed by atoms with Gasteiger partial charge >= 0.3 is 11.9 Å². The fraction of sp³-hybridized carbons (Fsp3) is 0. The van der Waals surface area contributed by atoms with E-state index in [-0.39, 0.29) is 28.3 Å². The summed E-state index contributed by atoms with van der Waals surface area (Å²) < 4.78 is 0. The molecule has 0 spiro atoms. The Morgan fingerprint density at radius 2 is 1.12 bits per heavy atom. The molecule has 204 valence electrons. The van der Waals surface area contributed by atoms with Crippen molar-refractivity contribution < 1.29 is 34.5 Å². The van der Waals surface area contributed by atoms with Crippen LogP contribution >= 0.6 is 0 Å². The molecule has 0 radical (unpaired) electrons. The van der Waals surface area contributed by atoms with Crippen LogP contribution in [0.4, 0.5) is 11.4 Å². The molecule has 0 aliphatic heterocycles. The number of carbonyl (C=O) groups excluding carboxylic acids is 2. The zero-order valence-corrected chi connectivity index (χ0v) is 21.4. The molecule has 5 aromatic rings. The minimum Gasteiger partial charge on any atom is -0.507 e. The Balaban J connectivity index is 0.000000191. The van der Waals surface area contributed by atoms with Crippen LogP contribution < -0.4 is 10.6 Å². The van der Waals surface area contributed by atoms with E-state index in [9.17, 15) is 24.3 Å². The van der Waals surface area contributed by atoms with Crippen LogP contribution in [0, 0.1) is 0 Å². The molecule has 0 saturated heterocycles. The van der Waals surface area contributed by atoms with Gasteiger partial charge in [0, 0.05) is 27.9 Å². The average Bonchev–Trinajstić information content (AvgIpc) is 2.98. The Hall–Kier alpha value is -5.96. The third-order valence-electron chi connectivity index (χ3n) is 5.95. The number of hydrogen-bond donors (Lipinski definition) is 5. The van der Waals surface area contributed by atoms with Gasteiger partial charge in [-0.05, 0) is 66.0 Å². The monoisotopic (exact) mass is 548 g/mol. The number of aromatic hydroxyl groups is 1. The standard InChI is InChI=1S/C18H13NO3.C14H11NO4/c20-17(13-8-10-14(11-9-13)18(21)22)19-16-7-3-5-12-4-1-2-6-15(12)16;16-12-7-6-9(8-11(12)14(18)19)13(17)15-10-4-2-1-3-5-10/h1-11H,(H,19,20)(H,21,22);1-8,16H,(H,15,17)(H,18,19). The van der Waals surface area contributed by atoms with E-state index >= 15 is 0 Å².